The van der Waals surface area contributed by atoms with E-state index in [9.17, 15) is 4.79 Å². The maximum absolute atomic E-state index is 11.9. The van der Waals surface area contributed by atoms with Gasteiger partial charge in [0.2, 0.25) is 0 Å². The van der Waals surface area contributed by atoms with E-state index in [1.807, 2.05) is 54.6 Å². The summed E-state index contributed by atoms with van der Waals surface area (Å²) >= 11 is 0. The number of hydrogen-bond acceptors (Lipinski definition) is 3. The van der Waals surface area contributed by atoms with Crippen LogP contribution in [0.5, 0.6) is 0 Å². The van der Waals surface area contributed by atoms with Crippen molar-refractivity contribution in [3.8, 4) is 0 Å². The highest BCUT2D eigenvalue weighted by atomic mass is 16.3. The largest absolute Gasteiger partial charge is 0.459 e. The zero-order valence-electron chi connectivity index (χ0n) is 11.8. The number of carbonyl (C=O) groups is 1. The van der Waals surface area contributed by atoms with Crippen LogP contribution in [0.4, 0.5) is 5.69 Å². The van der Waals surface area contributed by atoms with Crippen molar-refractivity contribution in [2.45, 2.75) is 0 Å². The molecule has 108 valence electrons. The second kappa shape index (κ2) is 6.54. The summed E-state index contributed by atoms with van der Waals surface area (Å²) < 4.78 is 5.07. The molecule has 1 N–H and O–H groups in total. The Balaban J connectivity index is 1.73. The number of aromatic nitrogens is 1. The normalized spacial score (nSPS) is 10.7. The predicted octanol–water partition coefficient (Wildman–Crippen LogP) is 4.10. The number of pyridine rings is 1. The first-order chi connectivity index (χ1) is 10.8. The summed E-state index contributed by atoms with van der Waals surface area (Å²) in [5.74, 6) is 0.0188. The van der Waals surface area contributed by atoms with Crippen LogP contribution in [0.15, 0.2) is 71.5 Å². The zero-order chi connectivity index (χ0) is 15.2. The second-order valence-electron chi connectivity index (χ2n) is 4.64. The van der Waals surface area contributed by atoms with E-state index in [-0.39, 0.29) is 11.7 Å². The topological polar surface area (TPSA) is 55.1 Å². The van der Waals surface area contributed by atoms with E-state index in [4.69, 9.17) is 4.42 Å². The lowest BCUT2D eigenvalue weighted by atomic mass is 10.1. The molecule has 0 aliphatic rings. The first-order valence-electron chi connectivity index (χ1n) is 6.85. The Morgan fingerprint density at radius 2 is 2.00 bits per heavy atom. The van der Waals surface area contributed by atoms with Crippen LogP contribution in [0, 0.1) is 0 Å². The van der Waals surface area contributed by atoms with E-state index in [1.165, 1.54) is 6.26 Å². The second-order valence-corrected chi connectivity index (χ2v) is 4.64. The van der Waals surface area contributed by atoms with Crippen LogP contribution >= 0.6 is 0 Å². The van der Waals surface area contributed by atoms with Gasteiger partial charge in [0.15, 0.2) is 5.76 Å². The van der Waals surface area contributed by atoms with Crippen LogP contribution in [0.3, 0.4) is 0 Å². The molecule has 3 aromatic rings. The van der Waals surface area contributed by atoms with Gasteiger partial charge in [-0.1, -0.05) is 24.3 Å². The van der Waals surface area contributed by atoms with Crippen molar-refractivity contribution in [2.24, 2.45) is 0 Å². The van der Waals surface area contributed by atoms with E-state index < -0.39 is 0 Å². The zero-order valence-corrected chi connectivity index (χ0v) is 11.8. The first kappa shape index (κ1) is 13.8. The third-order valence-electron chi connectivity index (χ3n) is 3.02. The number of benzene rings is 1. The van der Waals surface area contributed by atoms with Gasteiger partial charge in [-0.3, -0.25) is 9.78 Å². The molecule has 2 aromatic heterocycles. The summed E-state index contributed by atoms with van der Waals surface area (Å²) in [6, 6.07) is 16.6. The Labute approximate surface area is 128 Å². The first-order valence-corrected chi connectivity index (χ1v) is 6.85. The minimum absolute atomic E-state index is 0.268. The number of nitrogens with one attached hydrogen (secondary N) is 1. The molecule has 0 atom stereocenters. The van der Waals surface area contributed by atoms with Gasteiger partial charge in [0.25, 0.3) is 5.91 Å². The smallest absolute Gasteiger partial charge is 0.291 e. The Kier molecular flexibility index (Phi) is 4.11. The highest BCUT2D eigenvalue weighted by molar-refractivity contribution is 6.02. The summed E-state index contributed by atoms with van der Waals surface area (Å²) in [7, 11) is 0. The van der Waals surface area contributed by atoms with Gasteiger partial charge in [-0.15, -0.1) is 0 Å². The number of anilines is 1. The molecule has 4 nitrogen and oxygen atoms in total. The van der Waals surface area contributed by atoms with Crippen molar-refractivity contribution < 1.29 is 9.21 Å². The van der Waals surface area contributed by atoms with Gasteiger partial charge in [0.05, 0.1) is 12.0 Å². The maximum Gasteiger partial charge on any atom is 0.291 e. The molecule has 0 aliphatic heterocycles. The number of furan rings is 1. The molecule has 1 amide bonds. The third-order valence-corrected chi connectivity index (χ3v) is 3.02. The summed E-state index contributed by atoms with van der Waals surface area (Å²) in [4.78, 5) is 16.2. The van der Waals surface area contributed by atoms with E-state index in [0.29, 0.717) is 5.69 Å². The van der Waals surface area contributed by atoms with Gasteiger partial charge in [0.1, 0.15) is 0 Å². The molecule has 0 fully saturated rings. The van der Waals surface area contributed by atoms with Gasteiger partial charge >= 0.3 is 0 Å². The van der Waals surface area contributed by atoms with E-state index in [0.717, 1.165) is 11.3 Å². The minimum Gasteiger partial charge on any atom is -0.459 e. The fourth-order valence-electron chi connectivity index (χ4n) is 1.98. The van der Waals surface area contributed by atoms with Gasteiger partial charge in [0, 0.05) is 11.9 Å². The summed E-state index contributed by atoms with van der Waals surface area (Å²) in [5, 5.41) is 2.80. The molecule has 0 spiro atoms. The molecule has 0 saturated heterocycles. The SMILES string of the molecule is O=C(Nc1cccc(/C=C/c2ccccn2)c1)c1ccco1. The summed E-state index contributed by atoms with van der Waals surface area (Å²) in [6.45, 7) is 0. The van der Waals surface area contributed by atoms with Crippen molar-refractivity contribution in [1.82, 2.24) is 4.98 Å². The van der Waals surface area contributed by atoms with Gasteiger partial charge < -0.3 is 9.73 Å². The lowest BCUT2D eigenvalue weighted by molar-refractivity contribution is 0.0996. The quantitative estimate of drug-likeness (QED) is 0.787. The van der Waals surface area contributed by atoms with Crippen LogP contribution in [0.25, 0.3) is 12.2 Å². The predicted molar refractivity (Wildman–Crippen MR) is 86.3 cm³/mol. The van der Waals surface area contributed by atoms with Crippen molar-refractivity contribution in [3.05, 3.63) is 84.1 Å². The highest BCUT2D eigenvalue weighted by Gasteiger charge is 2.08. The van der Waals surface area contributed by atoms with Gasteiger partial charge in [-0.2, -0.15) is 0 Å². The van der Waals surface area contributed by atoms with Crippen LogP contribution in [0.1, 0.15) is 21.8 Å². The van der Waals surface area contributed by atoms with Crippen molar-refractivity contribution in [2.75, 3.05) is 5.32 Å². The van der Waals surface area contributed by atoms with E-state index in [1.54, 1.807) is 18.3 Å². The summed E-state index contributed by atoms with van der Waals surface area (Å²) in [6.07, 6.45) is 7.10. The molecule has 0 unspecified atom stereocenters. The molecule has 0 bridgehead atoms. The molecule has 1 aromatic carbocycles. The average Bonchev–Trinajstić information content (AvgIpc) is 3.09. The van der Waals surface area contributed by atoms with Crippen molar-refractivity contribution in [3.63, 3.8) is 0 Å². The molecule has 3 rings (SSSR count). The Bertz CT molecular complexity index is 778. The lowest BCUT2D eigenvalue weighted by Gasteiger charge is -2.04. The molecule has 4 heteroatoms. The minimum atomic E-state index is -0.268. The molecular formula is C18H14N2O2. The van der Waals surface area contributed by atoms with E-state index >= 15 is 0 Å². The fraction of sp³-hybridized carbons (Fsp3) is 0. The Morgan fingerprint density at radius 3 is 2.77 bits per heavy atom. The molecule has 0 aliphatic carbocycles. The average molecular weight is 290 g/mol. The van der Waals surface area contributed by atoms with Gasteiger partial charge in [-0.25, -0.2) is 0 Å². The third kappa shape index (κ3) is 3.49. The lowest BCUT2D eigenvalue weighted by Crippen LogP contribution is -2.10. The number of hydrogen-bond donors (Lipinski definition) is 1. The molecule has 0 saturated carbocycles. The van der Waals surface area contributed by atoms with Crippen molar-refractivity contribution in [1.29, 1.82) is 0 Å². The molecule has 0 radical (unpaired) electrons. The van der Waals surface area contributed by atoms with Crippen LogP contribution in [0.2, 0.25) is 0 Å². The fourth-order valence-corrected chi connectivity index (χ4v) is 1.98. The molecule has 2 heterocycles. The Hall–Kier alpha value is -3.14. The van der Waals surface area contributed by atoms with Crippen LogP contribution in [-0.4, -0.2) is 10.9 Å². The van der Waals surface area contributed by atoms with Gasteiger partial charge in [-0.05, 0) is 48.0 Å². The van der Waals surface area contributed by atoms with Crippen molar-refractivity contribution >= 4 is 23.7 Å². The highest BCUT2D eigenvalue weighted by Crippen LogP contribution is 2.14. The number of amides is 1. The van der Waals surface area contributed by atoms with Crippen LogP contribution < -0.4 is 5.32 Å². The molecule has 22 heavy (non-hydrogen) atoms. The number of carbonyl (C=O) groups excluding carboxylic acids is 1. The van der Waals surface area contributed by atoms with Crippen LogP contribution in [-0.2, 0) is 0 Å². The van der Waals surface area contributed by atoms with E-state index in [2.05, 4.69) is 10.3 Å². The number of nitrogens with zero attached hydrogens (tertiary/aromatic N) is 1. The standard InChI is InChI=1S/C18H14N2O2/c21-18(17-8-4-12-22-17)20-16-7-3-5-14(13-16)9-10-15-6-1-2-11-19-15/h1-13H,(H,20,21)/b10-9+. The summed E-state index contributed by atoms with van der Waals surface area (Å²) in [5.41, 5.74) is 2.57. The molecular weight excluding hydrogens is 276 g/mol. The monoisotopic (exact) mass is 290 g/mol. The maximum atomic E-state index is 11.9. The Morgan fingerprint density at radius 1 is 1.05 bits per heavy atom. The number of rotatable bonds is 4.